The molecule has 0 amide bonds. The summed E-state index contributed by atoms with van der Waals surface area (Å²) in [7, 11) is 0. The maximum absolute atomic E-state index is 14.5. The number of aliphatic hydroxyl groups excluding tert-OH is 11. The highest BCUT2D eigenvalue weighted by atomic mass is 16.7. The van der Waals surface area contributed by atoms with E-state index in [2.05, 4.69) is 0 Å². The Hall–Kier alpha value is -4.04. The molecule has 6 rings (SSSR count). The fraction of sp³-hybridized carbons (Fsp3) is 0.515. The van der Waals surface area contributed by atoms with Crippen LogP contribution in [0.5, 0.6) is 17.2 Å². The molecule has 0 aliphatic carbocycles. The van der Waals surface area contributed by atoms with Crippen LogP contribution in [0.2, 0.25) is 0 Å². The van der Waals surface area contributed by atoms with Crippen LogP contribution in [0.3, 0.4) is 0 Å². The van der Waals surface area contributed by atoms with Gasteiger partial charge in [-0.3, -0.25) is 4.79 Å². The highest BCUT2D eigenvalue weighted by Crippen LogP contribution is 2.46. The number of ether oxygens (including phenoxy) is 4. The molecule has 21 heteroatoms. The third kappa shape index (κ3) is 6.67. The zero-order chi connectivity index (χ0) is 39.5. The molecular formula is C33H38O21. The second-order valence-corrected chi connectivity index (χ2v) is 13.1. The summed E-state index contributed by atoms with van der Waals surface area (Å²) < 4.78 is 27.8. The SMILES string of the molecule is O=C(O)C1OC(Oc2ccc(-c3oc4cc(O)c(C5OC(CO)C(O)C(O)C5O)c(O)c4c(=O)c3C3OC(CO)C(O)C(O)C3O)cc2)C(O)C(O)C1O. The van der Waals surface area contributed by atoms with Crippen LogP contribution in [0.4, 0.5) is 0 Å². The number of fused-ring (bicyclic) bond motifs is 1. The lowest BCUT2D eigenvalue weighted by Gasteiger charge is -2.40. The summed E-state index contributed by atoms with van der Waals surface area (Å²) in [6.45, 7) is -1.76. The van der Waals surface area contributed by atoms with Gasteiger partial charge in [0.2, 0.25) is 11.7 Å². The molecule has 0 saturated carbocycles. The zero-order valence-corrected chi connectivity index (χ0v) is 27.6. The van der Waals surface area contributed by atoms with E-state index >= 15 is 0 Å². The highest BCUT2D eigenvalue weighted by molar-refractivity contribution is 5.89. The molecule has 21 nitrogen and oxygen atoms in total. The molecule has 1 aromatic heterocycles. The highest BCUT2D eigenvalue weighted by Gasteiger charge is 2.50. The van der Waals surface area contributed by atoms with Gasteiger partial charge in [-0.05, 0) is 24.3 Å². The van der Waals surface area contributed by atoms with E-state index in [1.54, 1.807) is 0 Å². The number of aromatic hydroxyl groups is 2. The van der Waals surface area contributed by atoms with E-state index in [-0.39, 0.29) is 11.3 Å². The summed E-state index contributed by atoms with van der Waals surface area (Å²) in [5, 5.41) is 144. The van der Waals surface area contributed by atoms with Crippen molar-refractivity contribution in [2.24, 2.45) is 0 Å². The molecule has 54 heavy (non-hydrogen) atoms. The summed E-state index contributed by atoms with van der Waals surface area (Å²) in [4.78, 5) is 25.9. The van der Waals surface area contributed by atoms with Crippen LogP contribution in [-0.2, 0) is 19.0 Å². The van der Waals surface area contributed by atoms with E-state index in [0.717, 1.165) is 6.07 Å². The van der Waals surface area contributed by atoms with E-state index in [4.69, 9.17) is 23.4 Å². The van der Waals surface area contributed by atoms with Gasteiger partial charge >= 0.3 is 5.97 Å². The van der Waals surface area contributed by atoms with Crippen molar-refractivity contribution >= 4 is 16.9 Å². The quantitative estimate of drug-likeness (QED) is 0.102. The van der Waals surface area contributed by atoms with Crippen LogP contribution in [-0.4, -0.2) is 170 Å². The third-order valence-electron chi connectivity index (χ3n) is 9.75. The number of phenolic OH excluding ortho intramolecular Hbond substituents is 2. The van der Waals surface area contributed by atoms with E-state index in [9.17, 15) is 81.1 Å². The topological polar surface area (TPSA) is 367 Å². The summed E-state index contributed by atoms with van der Waals surface area (Å²) in [6, 6.07) is 5.73. The fourth-order valence-corrected chi connectivity index (χ4v) is 6.75. The Morgan fingerprint density at radius 3 is 1.70 bits per heavy atom. The van der Waals surface area contributed by atoms with Gasteiger partial charge in [0.25, 0.3) is 0 Å². The Balaban J connectivity index is 1.47. The zero-order valence-electron chi connectivity index (χ0n) is 27.6. The number of phenols is 2. The summed E-state index contributed by atoms with van der Waals surface area (Å²) in [5.41, 5.74) is -2.99. The Labute approximate surface area is 301 Å². The molecule has 15 unspecified atom stereocenters. The molecule has 3 fully saturated rings. The Kier molecular flexibility index (Phi) is 11.2. The van der Waals surface area contributed by atoms with Crippen molar-refractivity contribution in [2.45, 2.75) is 91.7 Å². The van der Waals surface area contributed by atoms with Crippen LogP contribution in [0.25, 0.3) is 22.3 Å². The number of carboxylic acids is 1. The molecular weight excluding hydrogens is 732 g/mol. The van der Waals surface area contributed by atoms with E-state index < -0.39 is 156 Å². The molecule has 3 aromatic rings. The lowest BCUT2D eigenvalue weighted by Crippen LogP contribution is -2.61. The van der Waals surface area contributed by atoms with E-state index in [0.29, 0.717) is 0 Å². The minimum atomic E-state index is -2.07. The van der Waals surface area contributed by atoms with Gasteiger partial charge in [-0.25, -0.2) is 4.79 Å². The van der Waals surface area contributed by atoms with Gasteiger partial charge in [-0.15, -0.1) is 0 Å². The van der Waals surface area contributed by atoms with Crippen molar-refractivity contribution in [1.29, 1.82) is 0 Å². The molecule has 14 N–H and O–H groups in total. The molecule has 4 heterocycles. The lowest BCUT2D eigenvalue weighted by atomic mass is 9.87. The predicted molar refractivity (Wildman–Crippen MR) is 172 cm³/mol. The number of hydrogen-bond acceptors (Lipinski definition) is 20. The molecule has 3 aliphatic rings. The van der Waals surface area contributed by atoms with E-state index in [1.165, 1.54) is 24.3 Å². The molecule has 296 valence electrons. The fourth-order valence-electron chi connectivity index (χ4n) is 6.75. The van der Waals surface area contributed by atoms with Crippen LogP contribution >= 0.6 is 0 Å². The maximum Gasteiger partial charge on any atom is 0.335 e. The van der Waals surface area contributed by atoms with Crippen molar-refractivity contribution in [1.82, 2.24) is 0 Å². The average molecular weight is 771 g/mol. The smallest absolute Gasteiger partial charge is 0.335 e. The van der Waals surface area contributed by atoms with Gasteiger partial charge < -0.3 is 94.9 Å². The van der Waals surface area contributed by atoms with Gasteiger partial charge in [-0.1, -0.05) is 0 Å². The number of carbonyl (C=O) groups is 1. The lowest BCUT2D eigenvalue weighted by molar-refractivity contribution is -0.271. The van der Waals surface area contributed by atoms with Crippen molar-refractivity contribution in [3.8, 4) is 28.6 Å². The molecule has 3 aliphatic heterocycles. The maximum atomic E-state index is 14.5. The molecule has 2 aromatic carbocycles. The molecule has 0 radical (unpaired) electrons. The van der Waals surface area contributed by atoms with Crippen molar-refractivity contribution in [2.75, 3.05) is 13.2 Å². The van der Waals surface area contributed by atoms with Crippen molar-refractivity contribution < 1.29 is 99.7 Å². The first-order valence-corrected chi connectivity index (χ1v) is 16.4. The van der Waals surface area contributed by atoms with Gasteiger partial charge in [0.15, 0.2) is 6.10 Å². The van der Waals surface area contributed by atoms with Crippen LogP contribution in [0.1, 0.15) is 23.3 Å². The number of carboxylic acid groups (broad SMARTS) is 1. The first-order chi connectivity index (χ1) is 25.5. The predicted octanol–water partition coefficient (Wildman–Crippen LogP) is -4.83. The monoisotopic (exact) mass is 770 g/mol. The normalized spacial score (nSPS) is 37.3. The number of hydrogen-bond donors (Lipinski definition) is 14. The molecule has 3 saturated heterocycles. The Morgan fingerprint density at radius 2 is 1.19 bits per heavy atom. The molecule has 0 spiro atoms. The second kappa shape index (κ2) is 15.2. The minimum Gasteiger partial charge on any atom is -0.507 e. The van der Waals surface area contributed by atoms with Crippen LogP contribution < -0.4 is 10.2 Å². The van der Waals surface area contributed by atoms with Gasteiger partial charge in [0.1, 0.15) is 113 Å². The van der Waals surface area contributed by atoms with Gasteiger partial charge in [-0.2, -0.15) is 0 Å². The summed E-state index contributed by atoms with van der Waals surface area (Å²) in [5.74, 6) is -4.11. The standard InChI is InChI=1S/C33H38O21/c34-6-12-17(37)21(41)24(44)29(52-12)14-10(36)5-11-15(19(14)39)20(40)16(30-25(45)22(42)18(38)13(7-35)53-30)28(51-11)8-1-3-9(4-2-8)50-33-27(47)23(43)26(46)31(54-33)32(48)49/h1-5,12-13,17-18,21-27,29-31,33-39,41-47H,6-7H2,(H,48,49). The Bertz CT molecular complexity index is 1900. The number of rotatable bonds is 8. The van der Waals surface area contributed by atoms with Gasteiger partial charge in [0.05, 0.1) is 24.3 Å². The van der Waals surface area contributed by atoms with Crippen molar-refractivity contribution in [3.05, 3.63) is 51.7 Å². The van der Waals surface area contributed by atoms with E-state index in [1.807, 2.05) is 0 Å². The minimum absolute atomic E-state index is 0.0192. The van der Waals surface area contributed by atoms with Crippen LogP contribution in [0, 0.1) is 0 Å². The van der Waals surface area contributed by atoms with Gasteiger partial charge in [0, 0.05) is 11.6 Å². The number of aliphatic hydroxyl groups is 11. The first kappa shape index (κ1) is 39.6. The number of benzene rings is 2. The summed E-state index contributed by atoms with van der Waals surface area (Å²) in [6.07, 6.45) is -28.0. The number of aliphatic carboxylic acids is 1. The Morgan fingerprint density at radius 1 is 0.667 bits per heavy atom. The molecule has 0 bridgehead atoms. The third-order valence-corrected chi connectivity index (χ3v) is 9.75. The first-order valence-electron chi connectivity index (χ1n) is 16.4. The molecule has 15 atom stereocenters. The largest absolute Gasteiger partial charge is 0.507 e. The second-order valence-electron chi connectivity index (χ2n) is 13.1. The van der Waals surface area contributed by atoms with Crippen molar-refractivity contribution in [3.63, 3.8) is 0 Å². The van der Waals surface area contributed by atoms with Crippen LogP contribution in [0.15, 0.2) is 39.5 Å². The average Bonchev–Trinajstić information content (AvgIpc) is 3.14. The summed E-state index contributed by atoms with van der Waals surface area (Å²) >= 11 is 0.